The number of hydrogen-bond acceptors (Lipinski definition) is 26. The number of ether oxygens (including phenoxy) is 11. The van der Waals surface area contributed by atoms with Crippen LogP contribution < -0.4 is 4.74 Å². The van der Waals surface area contributed by atoms with Crippen LogP contribution in [-0.2, 0) is 71.3 Å². The first-order valence-electron chi connectivity index (χ1n) is 32.3. The van der Waals surface area contributed by atoms with Crippen LogP contribution in [0.4, 0.5) is 0 Å². The zero-order chi connectivity index (χ0) is 68.0. The normalized spacial score (nSPS) is 47.9. The SMILES string of the molecule is COc1ccc(/C=C/C(=O)O[C@H]2[C@@H](OC(C)=O)[C@H](O[C@@H]3O[C@H](C)[C@H](O)[C@@H](O)[C@H]3O)[C@@H](OC(=O)[C@]34CCC(C)(C)C[C@@H]3C3=CC[C@@H]5[C@@]6(C)CC[C@H](O[C@@H]7O[C@H](C(=O)O)[C@@H](O)[C@H](O)[C@H]7O[C@@H]7O[C@H](CO)[C@H](O)[C@H](O)[C@H]7O)[C@@](C)(C=O)[C@H]6CC[C@@]5(C)[C@]3(C)C[C@H]4O)O[C@H]2C)cc1. The summed E-state index contributed by atoms with van der Waals surface area (Å²) in [5.74, 6) is -4.89. The summed E-state index contributed by atoms with van der Waals surface area (Å²) in [5.41, 5.74) is -3.76. The van der Waals surface area contributed by atoms with Gasteiger partial charge in [-0.3, -0.25) is 9.59 Å². The van der Waals surface area contributed by atoms with E-state index in [2.05, 4.69) is 40.7 Å². The predicted octanol–water partition coefficient (Wildman–Crippen LogP) is 1.11. The molecule has 5 aliphatic carbocycles. The highest BCUT2D eigenvalue weighted by Gasteiger charge is 2.73. The van der Waals surface area contributed by atoms with Crippen LogP contribution in [0.15, 0.2) is 42.0 Å². The zero-order valence-corrected chi connectivity index (χ0v) is 54.1. The largest absolute Gasteiger partial charge is 0.497 e. The maximum absolute atomic E-state index is 15.9. The fourth-order valence-electron chi connectivity index (χ4n) is 17.8. The molecule has 1 aromatic rings. The molecule has 0 radical (unpaired) electrons. The van der Waals surface area contributed by atoms with E-state index in [-0.39, 0.29) is 30.6 Å². The van der Waals surface area contributed by atoms with Crippen LogP contribution in [0, 0.1) is 50.2 Å². The number of esters is 3. The van der Waals surface area contributed by atoms with E-state index < -0.39 is 204 Å². The summed E-state index contributed by atoms with van der Waals surface area (Å²) in [4.78, 5) is 69.2. The second kappa shape index (κ2) is 26.7. The first-order chi connectivity index (χ1) is 43.6. The van der Waals surface area contributed by atoms with Crippen molar-refractivity contribution < 1.29 is 132 Å². The monoisotopic (exact) mass is 1320 g/mol. The number of aliphatic carboxylic acids is 1. The Kier molecular flexibility index (Phi) is 20.4. The summed E-state index contributed by atoms with van der Waals surface area (Å²) in [7, 11) is 1.52. The Balaban J connectivity index is 0.940. The molecular weight excluding hydrogens is 1220 g/mol. The lowest BCUT2D eigenvalue weighted by Crippen LogP contribution is -2.69. The van der Waals surface area contributed by atoms with E-state index in [4.69, 9.17) is 52.1 Å². The molecule has 4 aliphatic heterocycles. The van der Waals surface area contributed by atoms with Crippen LogP contribution in [0.25, 0.3) is 6.08 Å². The van der Waals surface area contributed by atoms with Gasteiger partial charge >= 0.3 is 23.9 Å². The van der Waals surface area contributed by atoms with Gasteiger partial charge in [-0.2, -0.15) is 0 Å². The maximum Gasteiger partial charge on any atom is 0.335 e. The van der Waals surface area contributed by atoms with Gasteiger partial charge in [-0.15, -0.1) is 0 Å². The summed E-state index contributed by atoms with van der Waals surface area (Å²) < 4.78 is 66.2. The lowest BCUT2D eigenvalue weighted by molar-refractivity contribution is -0.373. The molecule has 4 heterocycles. The molecule has 520 valence electrons. The summed E-state index contributed by atoms with van der Waals surface area (Å²) in [6, 6.07) is 6.81. The quantitative estimate of drug-likeness (QED) is 0.0276. The van der Waals surface area contributed by atoms with Gasteiger partial charge in [0.05, 0.1) is 43.5 Å². The standard InChI is InChI=1S/C66H94O27/c1-29-42(72)44(74)48(78)56(84-29)92-54-53(86-31(3)69)50(89-41(71)18-13-32-11-14-33(83-10)15-12-32)30(2)85-59(54)93-60(82)66-24-23-61(4,5)25-35(66)34-16-17-38-62(6)21-20-40(63(7,28-68)37(62)19-22-64(38,8)65(34,9)26-39(66)70)88-58-52(47(77)46(76)51(90-58)55(80)81)91-57-49(79)45(75)43(73)36(27-67)87-57/h11-16,18,28-30,35-40,42-54,56-59,67,70,72-79H,17,19-27H2,1-10H3,(H,80,81)/b18-13+/t29-,30+,35-,36-,37+,38-,39-,40+,42+,43+,44-,45+,46+,47+,48-,49-,50-,51+,52-,53-,54+,56+,57+,58-,59-,62+,63+,64-,65-,66-/m1/s1. The number of carbonyl (C=O) groups is 5. The number of aliphatic hydroxyl groups excluding tert-OH is 10. The lowest BCUT2D eigenvalue weighted by atomic mass is 9.33. The summed E-state index contributed by atoms with van der Waals surface area (Å²) in [6.07, 6.45) is -28.3. The van der Waals surface area contributed by atoms with Crippen LogP contribution >= 0.6 is 0 Å². The summed E-state index contributed by atoms with van der Waals surface area (Å²) in [6.45, 7) is 15.7. The number of carboxylic acids is 1. The van der Waals surface area contributed by atoms with Crippen molar-refractivity contribution >= 4 is 36.2 Å². The zero-order valence-electron chi connectivity index (χ0n) is 54.1. The van der Waals surface area contributed by atoms with Gasteiger partial charge < -0.3 is 113 Å². The average Bonchev–Trinajstić information content (AvgIpc) is 0.672. The number of carboxylic acid groups (broad SMARTS) is 1. The number of methoxy groups -OCH3 is 1. The Labute approximate surface area is 539 Å². The van der Waals surface area contributed by atoms with E-state index in [1.165, 1.54) is 27.0 Å². The molecule has 9 aliphatic rings. The third-order valence-electron chi connectivity index (χ3n) is 23.3. The van der Waals surface area contributed by atoms with Gasteiger partial charge in [-0.25, -0.2) is 9.59 Å². The minimum Gasteiger partial charge on any atom is -0.497 e. The Morgan fingerprint density at radius 1 is 0.634 bits per heavy atom. The Morgan fingerprint density at radius 2 is 1.28 bits per heavy atom. The molecule has 10 rings (SSSR count). The van der Waals surface area contributed by atoms with E-state index in [1.807, 2.05) is 0 Å². The molecule has 4 saturated carbocycles. The van der Waals surface area contributed by atoms with Crippen molar-refractivity contribution in [3.63, 3.8) is 0 Å². The molecule has 30 atom stereocenters. The van der Waals surface area contributed by atoms with Crippen LogP contribution in [-0.4, -0.2) is 235 Å². The number of carbonyl (C=O) groups excluding carboxylic acids is 4. The average molecular weight is 1320 g/mol. The highest BCUT2D eigenvalue weighted by Crippen LogP contribution is 2.76. The molecule has 27 nitrogen and oxygen atoms in total. The van der Waals surface area contributed by atoms with Crippen molar-refractivity contribution in [3.8, 4) is 5.75 Å². The van der Waals surface area contributed by atoms with Crippen molar-refractivity contribution in [1.29, 1.82) is 0 Å². The van der Waals surface area contributed by atoms with Crippen LogP contribution in [0.5, 0.6) is 5.75 Å². The van der Waals surface area contributed by atoms with Crippen LogP contribution in [0.2, 0.25) is 0 Å². The molecule has 8 fully saturated rings. The number of allylic oxidation sites excluding steroid dienone is 2. The van der Waals surface area contributed by atoms with Crippen LogP contribution in [0.3, 0.4) is 0 Å². The molecule has 1 aromatic carbocycles. The number of hydrogen-bond donors (Lipinski definition) is 11. The minimum absolute atomic E-state index is 0.0866. The number of fused-ring (bicyclic) bond motifs is 7. The van der Waals surface area contributed by atoms with Crippen LogP contribution in [0.1, 0.15) is 126 Å². The smallest absolute Gasteiger partial charge is 0.335 e. The molecule has 0 spiro atoms. The Bertz CT molecular complexity index is 2960. The first-order valence-corrected chi connectivity index (χ1v) is 32.3. The number of aldehydes is 1. The molecule has 0 amide bonds. The molecule has 93 heavy (non-hydrogen) atoms. The molecule has 0 bridgehead atoms. The van der Waals surface area contributed by atoms with Gasteiger partial charge in [0, 0.05) is 13.0 Å². The molecule has 0 unspecified atom stereocenters. The van der Waals surface area contributed by atoms with Gasteiger partial charge in [0.2, 0.25) is 6.29 Å². The van der Waals surface area contributed by atoms with Crippen molar-refractivity contribution in [1.82, 2.24) is 0 Å². The minimum atomic E-state index is -2.10. The molecule has 27 heteroatoms. The summed E-state index contributed by atoms with van der Waals surface area (Å²) in [5, 5.41) is 121. The Morgan fingerprint density at radius 3 is 1.91 bits per heavy atom. The highest BCUT2D eigenvalue weighted by atomic mass is 16.8. The summed E-state index contributed by atoms with van der Waals surface area (Å²) >= 11 is 0. The fourth-order valence-corrected chi connectivity index (χ4v) is 17.8. The van der Waals surface area contributed by atoms with Crippen molar-refractivity contribution in [2.45, 2.75) is 255 Å². The van der Waals surface area contributed by atoms with Crippen molar-refractivity contribution in [2.75, 3.05) is 13.7 Å². The Hall–Kier alpha value is -4.63. The third-order valence-corrected chi connectivity index (χ3v) is 23.3. The maximum atomic E-state index is 15.9. The van der Waals surface area contributed by atoms with Crippen molar-refractivity contribution in [3.05, 3.63) is 47.6 Å². The van der Waals surface area contributed by atoms with Gasteiger partial charge in [0.15, 0.2) is 43.3 Å². The molecular formula is C66H94O27. The first kappa shape index (κ1) is 71.2. The highest BCUT2D eigenvalue weighted by molar-refractivity contribution is 5.87. The van der Waals surface area contributed by atoms with E-state index in [1.54, 1.807) is 31.2 Å². The van der Waals surface area contributed by atoms with E-state index in [0.29, 0.717) is 49.8 Å². The van der Waals surface area contributed by atoms with Crippen molar-refractivity contribution in [2.24, 2.45) is 50.2 Å². The molecule has 11 N–H and O–H groups in total. The second-order valence-corrected chi connectivity index (χ2v) is 29.1. The lowest BCUT2D eigenvalue weighted by Gasteiger charge is -2.71. The van der Waals surface area contributed by atoms with Gasteiger partial charge in [0.25, 0.3) is 0 Å². The second-order valence-electron chi connectivity index (χ2n) is 29.1. The van der Waals surface area contributed by atoms with E-state index in [0.717, 1.165) is 24.9 Å². The molecule has 0 aromatic heterocycles. The third kappa shape index (κ3) is 12.4. The number of rotatable bonds is 16. The fraction of sp³-hybridized carbons (Fsp3) is 0.773. The predicted molar refractivity (Wildman–Crippen MR) is 318 cm³/mol. The molecule has 4 saturated heterocycles. The number of benzene rings is 1. The van der Waals surface area contributed by atoms with Gasteiger partial charge in [-0.1, -0.05) is 65.3 Å². The van der Waals surface area contributed by atoms with Gasteiger partial charge in [-0.05, 0) is 135 Å². The van der Waals surface area contributed by atoms with E-state index >= 15 is 4.79 Å². The topological polar surface area (TPSA) is 409 Å². The van der Waals surface area contributed by atoms with E-state index in [9.17, 15) is 75.3 Å². The number of aliphatic hydroxyl groups is 10. The van der Waals surface area contributed by atoms with Gasteiger partial charge in [0.1, 0.15) is 78.5 Å².